The lowest BCUT2D eigenvalue weighted by Crippen LogP contribution is -1.90. The molecule has 0 radical (unpaired) electrons. The molecule has 0 saturated heterocycles. The van der Waals surface area contributed by atoms with Crippen LogP contribution in [0.4, 0.5) is 0 Å². The third-order valence-corrected chi connectivity index (χ3v) is 1.95. The van der Waals surface area contributed by atoms with Crippen molar-refractivity contribution >= 4 is 10.8 Å². The van der Waals surface area contributed by atoms with Gasteiger partial charge in [0, 0.05) is 22.8 Å². The SMILES string of the molecule is C[S@@](=O)Cc1ccccc1. The first-order valence-electron chi connectivity index (χ1n) is 3.13. The monoisotopic (exact) mass is 154 g/mol. The van der Waals surface area contributed by atoms with Crippen LogP contribution in [0.2, 0.25) is 0 Å². The Morgan fingerprint density at radius 3 is 2.40 bits per heavy atom. The second-order valence-corrected chi connectivity index (χ2v) is 3.64. The van der Waals surface area contributed by atoms with Crippen molar-refractivity contribution < 1.29 is 4.21 Å². The minimum Gasteiger partial charge on any atom is -0.260 e. The van der Waals surface area contributed by atoms with E-state index < -0.39 is 10.8 Å². The van der Waals surface area contributed by atoms with Gasteiger partial charge in [-0.1, -0.05) is 30.3 Å². The van der Waals surface area contributed by atoms with E-state index in [1.165, 1.54) is 0 Å². The van der Waals surface area contributed by atoms with E-state index in [2.05, 4.69) is 0 Å². The Hall–Kier alpha value is -0.630. The first-order valence-corrected chi connectivity index (χ1v) is 4.86. The van der Waals surface area contributed by atoms with Crippen LogP contribution in [0.5, 0.6) is 0 Å². The van der Waals surface area contributed by atoms with E-state index in [1.54, 1.807) is 6.26 Å². The molecule has 0 fully saturated rings. The maximum absolute atomic E-state index is 10.7. The molecular weight excluding hydrogens is 144 g/mol. The van der Waals surface area contributed by atoms with Crippen molar-refractivity contribution in [2.75, 3.05) is 6.26 Å². The summed E-state index contributed by atoms with van der Waals surface area (Å²) in [4.78, 5) is 0. The van der Waals surface area contributed by atoms with Gasteiger partial charge in [0.05, 0.1) is 0 Å². The van der Waals surface area contributed by atoms with Gasteiger partial charge in [-0.15, -0.1) is 0 Å². The molecular formula is C8H10OS. The van der Waals surface area contributed by atoms with Crippen molar-refractivity contribution in [1.82, 2.24) is 0 Å². The summed E-state index contributed by atoms with van der Waals surface area (Å²) in [6.07, 6.45) is 1.72. The Kier molecular flexibility index (Phi) is 2.63. The minimum atomic E-state index is -0.717. The van der Waals surface area contributed by atoms with E-state index in [9.17, 15) is 4.21 Å². The summed E-state index contributed by atoms with van der Waals surface area (Å²) in [7, 11) is -0.717. The summed E-state index contributed by atoms with van der Waals surface area (Å²) < 4.78 is 10.7. The van der Waals surface area contributed by atoms with Crippen molar-refractivity contribution in [3.63, 3.8) is 0 Å². The maximum atomic E-state index is 10.7. The predicted molar refractivity (Wildman–Crippen MR) is 44.2 cm³/mol. The van der Waals surface area contributed by atoms with Crippen LogP contribution < -0.4 is 0 Å². The molecule has 1 aromatic carbocycles. The zero-order valence-corrected chi connectivity index (χ0v) is 6.73. The summed E-state index contributed by atoms with van der Waals surface area (Å²) in [5.74, 6) is 0.668. The molecule has 0 aliphatic heterocycles. The summed E-state index contributed by atoms with van der Waals surface area (Å²) in [6.45, 7) is 0. The van der Waals surface area contributed by atoms with Crippen LogP contribution in [0.25, 0.3) is 0 Å². The molecule has 0 bridgehead atoms. The third kappa shape index (κ3) is 2.31. The minimum absolute atomic E-state index is 0.668. The normalized spacial score (nSPS) is 12.9. The molecule has 1 rings (SSSR count). The first-order chi connectivity index (χ1) is 4.79. The molecule has 0 heterocycles. The van der Waals surface area contributed by atoms with Crippen molar-refractivity contribution in [2.45, 2.75) is 5.75 Å². The molecule has 1 nitrogen and oxygen atoms in total. The van der Waals surface area contributed by atoms with Gasteiger partial charge in [-0.05, 0) is 5.56 Å². The molecule has 10 heavy (non-hydrogen) atoms. The van der Waals surface area contributed by atoms with Gasteiger partial charge in [0.15, 0.2) is 0 Å². The van der Waals surface area contributed by atoms with Gasteiger partial charge in [0.2, 0.25) is 0 Å². The molecule has 1 aromatic rings. The Morgan fingerprint density at radius 2 is 1.90 bits per heavy atom. The van der Waals surface area contributed by atoms with E-state index in [1.807, 2.05) is 30.3 Å². The second-order valence-electron chi connectivity index (χ2n) is 2.20. The van der Waals surface area contributed by atoms with Gasteiger partial charge in [0.1, 0.15) is 0 Å². The molecule has 54 valence electrons. The molecule has 2 heteroatoms. The molecule has 1 atom stereocenters. The molecule has 0 N–H and O–H groups in total. The highest BCUT2D eigenvalue weighted by molar-refractivity contribution is 7.83. The van der Waals surface area contributed by atoms with Crippen LogP contribution in [-0.2, 0) is 16.6 Å². The highest BCUT2D eigenvalue weighted by Gasteiger charge is 1.91. The molecule has 0 aliphatic rings. The fourth-order valence-electron chi connectivity index (χ4n) is 0.809. The van der Waals surface area contributed by atoms with Crippen LogP contribution in [-0.4, -0.2) is 10.5 Å². The number of rotatable bonds is 2. The van der Waals surface area contributed by atoms with Crippen molar-refractivity contribution in [3.05, 3.63) is 35.9 Å². The summed E-state index contributed by atoms with van der Waals surface area (Å²) >= 11 is 0. The quantitative estimate of drug-likeness (QED) is 0.632. The van der Waals surface area contributed by atoms with Gasteiger partial charge < -0.3 is 0 Å². The fourth-order valence-corrected chi connectivity index (χ4v) is 1.47. The Labute approximate surface area is 63.5 Å². The second kappa shape index (κ2) is 3.52. The summed E-state index contributed by atoms with van der Waals surface area (Å²) in [6, 6.07) is 9.86. The van der Waals surface area contributed by atoms with Gasteiger partial charge in [-0.2, -0.15) is 0 Å². The number of hydrogen-bond donors (Lipinski definition) is 0. The smallest absolute Gasteiger partial charge is 0.0482 e. The van der Waals surface area contributed by atoms with Gasteiger partial charge in [-0.3, -0.25) is 4.21 Å². The number of hydrogen-bond acceptors (Lipinski definition) is 1. The summed E-state index contributed by atoms with van der Waals surface area (Å²) in [5, 5.41) is 0. The third-order valence-electron chi connectivity index (χ3n) is 1.21. The van der Waals surface area contributed by atoms with E-state index in [0.717, 1.165) is 5.56 Å². The van der Waals surface area contributed by atoms with Crippen LogP contribution >= 0.6 is 0 Å². The van der Waals surface area contributed by atoms with E-state index >= 15 is 0 Å². The molecule has 0 amide bonds. The lowest BCUT2D eigenvalue weighted by Gasteiger charge is -1.94. The lowest BCUT2D eigenvalue weighted by atomic mass is 10.2. The van der Waals surface area contributed by atoms with Gasteiger partial charge in [0.25, 0.3) is 0 Å². The van der Waals surface area contributed by atoms with Gasteiger partial charge >= 0.3 is 0 Å². The highest BCUT2D eigenvalue weighted by atomic mass is 32.2. The highest BCUT2D eigenvalue weighted by Crippen LogP contribution is 2.00. The Bertz CT molecular complexity index is 218. The fraction of sp³-hybridized carbons (Fsp3) is 0.250. The molecule has 0 spiro atoms. The zero-order valence-electron chi connectivity index (χ0n) is 5.91. The van der Waals surface area contributed by atoms with Crippen molar-refractivity contribution in [3.8, 4) is 0 Å². The van der Waals surface area contributed by atoms with Crippen molar-refractivity contribution in [1.29, 1.82) is 0 Å². The average Bonchev–Trinajstić information content (AvgIpc) is 1.88. The van der Waals surface area contributed by atoms with Crippen molar-refractivity contribution in [2.24, 2.45) is 0 Å². The molecule has 0 unspecified atom stereocenters. The van der Waals surface area contributed by atoms with E-state index in [4.69, 9.17) is 0 Å². The van der Waals surface area contributed by atoms with Crippen LogP contribution in [0, 0.1) is 0 Å². The maximum Gasteiger partial charge on any atom is 0.0482 e. The van der Waals surface area contributed by atoms with E-state index in [-0.39, 0.29) is 0 Å². The van der Waals surface area contributed by atoms with E-state index in [0.29, 0.717) is 5.75 Å². The number of benzene rings is 1. The lowest BCUT2D eigenvalue weighted by molar-refractivity contribution is 0.686. The van der Waals surface area contributed by atoms with Crippen LogP contribution in [0.1, 0.15) is 5.56 Å². The Balaban J connectivity index is 2.67. The molecule has 0 aromatic heterocycles. The Morgan fingerprint density at radius 1 is 1.30 bits per heavy atom. The van der Waals surface area contributed by atoms with Crippen LogP contribution in [0.3, 0.4) is 0 Å². The molecule has 0 saturated carbocycles. The van der Waals surface area contributed by atoms with Crippen LogP contribution in [0.15, 0.2) is 30.3 Å². The standard InChI is InChI=1S/C8H10OS/c1-10(9)7-8-5-3-2-4-6-8/h2-6H,7H2,1H3/t10-/m1/s1. The largest absolute Gasteiger partial charge is 0.260 e. The van der Waals surface area contributed by atoms with Gasteiger partial charge in [-0.25, -0.2) is 0 Å². The average molecular weight is 154 g/mol. The topological polar surface area (TPSA) is 17.1 Å². The predicted octanol–water partition coefficient (Wildman–Crippen LogP) is 1.57. The summed E-state index contributed by atoms with van der Waals surface area (Å²) in [5.41, 5.74) is 1.14. The molecule has 0 aliphatic carbocycles. The first kappa shape index (κ1) is 7.48. The zero-order chi connectivity index (χ0) is 7.40.